The zero-order valence-corrected chi connectivity index (χ0v) is 10.8. The summed E-state index contributed by atoms with van der Waals surface area (Å²) >= 11 is 11.6. The van der Waals surface area contributed by atoms with Crippen LogP contribution in [0.25, 0.3) is 0 Å². The topological polar surface area (TPSA) is 47.6 Å². The molecule has 0 saturated heterocycles. The largest absolute Gasteiger partial charge is 0.447 e. The number of hydrogen-bond acceptors (Lipinski definition) is 3. The van der Waals surface area contributed by atoms with Gasteiger partial charge in [-0.1, -0.05) is 36.5 Å². The molecule has 0 aliphatic rings. The lowest BCUT2D eigenvalue weighted by Crippen LogP contribution is -2.28. The third-order valence-corrected chi connectivity index (χ3v) is 2.42. The fraction of sp³-hybridized carbons (Fsp3) is 0.364. The summed E-state index contributed by atoms with van der Waals surface area (Å²) in [7, 11) is 0. The summed E-state index contributed by atoms with van der Waals surface area (Å²) in [6, 6.07) is 4.69. The van der Waals surface area contributed by atoms with E-state index in [-0.39, 0.29) is 5.75 Å². The van der Waals surface area contributed by atoms with Crippen molar-refractivity contribution in [3.63, 3.8) is 0 Å². The fourth-order valence-electron chi connectivity index (χ4n) is 0.991. The Balaban J connectivity index is 2.39. The highest BCUT2D eigenvalue weighted by Crippen LogP contribution is 2.26. The number of hydroxylamine groups is 1. The third kappa shape index (κ3) is 5.15. The minimum absolute atomic E-state index is 0.270. The molecule has 17 heavy (non-hydrogen) atoms. The van der Waals surface area contributed by atoms with Crippen LogP contribution >= 0.6 is 23.2 Å². The summed E-state index contributed by atoms with van der Waals surface area (Å²) in [6.07, 6.45) is 1.11. The van der Waals surface area contributed by atoms with E-state index in [4.69, 9.17) is 32.8 Å². The zero-order valence-electron chi connectivity index (χ0n) is 9.33. The van der Waals surface area contributed by atoms with Crippen LogP contribution in [0.4, 0.5) is 4.79 Å². The van der Waals surface area contributed by atoms with Crippen molar-refractivity contribution in [2.45, 2.75) is 19.8 Å². The van der Waals surface area contributed by atoms with E-state index < -0.39 is 6.09 Å². The molecule has 0 aliphatic carbocycles. The van der Waals surface area contributed by atoms with Crippen LogP contribution in [0.2, 0.25) is 10.0 Å². The van der Waals surface area contributed by atoms with Crippen LogP contribution in [-0.2, 0) is 4.74 Å². The molecular formula is C11H13Cl2NO3. The van der Waals surface area contributed by atoms with Gasteiger partial charge in [-0.3, -0.25) is 0 Å². The molecule has 0 atom stereocenters. The van der Waals surface area contributed by atoms with Gasteiger partial charge in [0.2, 0.25) is 0 Å². The summed E-state index contributed by atoms with van der Waals surface area (Å²) in [5.74, 6) is 0.270. The lowest BCUT2D eigenvalue weighted by molar-refractivity contribution is 0.0990. The highest BCUT2D eigenvalue weighted by Gasteiger charge is 2.06. The second kappa shape index (κ2) is 7.25. The van der Waals surface area contributed by atoms with Crippen molar-refractivity contribution < 1.29 is 14.4 Å². The van der Waals surface area contributed by atoms with Crippen LogP contribution in [0.5, 0.6) is 5.75 Å². The number of hydrogen-bond donors (Lipinski definition) is 1. The number of amides is 1. The van der Waals surface area contributed by atoms with E-state index in [0.29, 0.717) is 16.7 Å². The van der Waals surface area contributed by atoms with Gasteiger partial charge < -0.3 is 9.57 Å². The first-order valence-electron chi connectivity index (χ1n) is 5.18. The fourth-order valence-corrected chi connectivity index (χ4v) is 1.31. The second-order valence-electron chi connectivity index (χ2n) is 3.27. The molecule has 0 heterocycles. The van der Waals surface area contributed by atoms with E-state index in [1.54, 1.807) is 12.1 Å². The van der Waals surface area contributed by atoms with Gasteiger partial charge in [-0.2, -0.15) is 5.48 Å². The lowest BCUT2D eigenvalue weighted by Gasteiger charge is -2.09. The standard InChI is InChI=1S/C11H13Cl2NO3/c1-2-3-6-16-11(15)14-17-10-7-8(12)4-5-9(10)13/h4-5,7H,2-3,6H2,1H3,(H,14,15). The number of benzene rings is 1. The molecule has 0 fully saturated rings. The zero-order chi connectivity index (χ0) is 12.7. The molecule has 0 unspecified atom stereocenters. The summed E-state index contributed by atoms with van der Waals surface area (Å²) < 4.78 is 4.82. The maximum absolute atomic E-state index is 11.2. The Morgan fingerprint density at radius 3 is 2.88 bits per heavy atom. The van der Waals surface area contributed by atoms with Gasteiger partial charge in [0.15, 0.2) is 5.75 Å². The van der Waals surface area contributed by atoms with Crippen LogP contribution in [0.3, 0.4) is 0 Å². The van der Waals surface area contributed by atoms with Crippen molar-refractivity contribution in [1.82, 2.24) is 5.48 Å². The van der Waals surface area contributed by atoms with Gasteiger partial charge in [0.25, 0.3) is 0 Å². The molecule has 94 valence electrons. The van der Waals surface area contributed by atoms with Crippen LogP contribution in [0, 0.1) is 0 Å². The number of unbranched alkanes of at least 4 members (excludes halogenated alkanes) is 1. The number of carbonyl (C=O) groups excluding carboxylic acids is 1. The molecule has 0 aliphatic heterocycles. The molecule has 1 amide bonds. The van der Waals surface area contributed by atoms with Crippen molar-refractivity contribution in [1.29, 1.82) is 0 Å². The average Bonchev–Trinajstić information content (AvgIpc) is 2.31. The van der Waals surface area contributed by atoms with Crippen LogP contribution in [-0.4, -0.2) is 12.7 Å². The molecule has 0 spiro atoms. The van der Waals surface area contributed by atoms with E-state index in [9.17, 15) is 4.79 Å². The maximum atomic E-state index is 11.2. The molecule has 0 saturated carbocycles. The highest BCUT2D eigenvalue weighted by atomic mass is 35.5. The molecule has 4 nitrogen and oxygen atoms in total. The predicted octanol–water partition coefficient (Wildman–Crippen LogP) is 3.81. The molecule has 0 aromatic heterocycles. The van der Waals surface area contributed by atoms with Gasteiger partial charge in [-0.15, -0.1) is 0 Å². The van der Waals surface area contributed by atoms with Gasteiger partial charge in [-0.05, 0) is 18.6 Å². The normalized spacial score (nSPS) is 9.82. The number of halogens is 2. The van der Waals surface area contributed by atoms with Crippen LogP contribution in [0.1, 0.15) is 19.8 Å². The van der Waals surface area contributed by atoms with Crippen molar-refractivity contribution in [2.75, 3.05) is 6.61 Å². The van der Waals surface area contributed by atoms with Crippen molar-refractivity contribution in [2.24, 2.45) is 0 Å². The molecule has 0 bridgehead atoms. The van der Waals surface area contributed by atoms with E-state index in [1.807, 2.05) is 6.92 Å². The Morgan fingerprint density at radius 1 is 1.41 bits per heavy atom. The highest BCUT2D eigenvalue weighted by molar-refractivity contribution is 6.34. The first-order chi connectivity index (χ1) is 8.13. The molecule has 1 aromatic carbocycles. The Labute approximate surface area is 110 Å². The Bertz CT molecular complexity index is 385. The summed E-state index contributed by atoms with van der Waals surface area (Å²) in [6.45, 7) is 2.36. The van der Waals surface area contributed by atoms with Gasteiger partial charge in [0, 0.05) is 11.1 Å². The Kier molecular flexibility index (Phi) is 5.94. The van der Waals surface area contributed by atoms with E-state index in [0.717, 1.165) is 12.8 Å². The van der Waals surface area contributed by atoms with Gasteiger partial charge in [0.05, 0.1) is 11.6 Å². The van der Waals surface area contributed by atoms with Crippen LogP contribution in [0.15, 0.2) is 18.2 Å². The number of rotatable bonds is 5. The molecule has 6 heteroatoms. The Morgan fingerprint density at radius 2 is 2.18 bits per heavy atom. The van der Waals surface area contributed by atoms with Gasteiger partial charge in [-0.25, -0.2) is 4.79 Å². The van der Waals surface area contributed by atoms with Crippen molar-refractivity contribution in [3.05, 3.63) is 28.2 Å². The number of nitrogens with one attached hydrogen (secondary N) is 1. The summed E-state index contributed by atoms with van der Waals surface area (Å²) in [4.78, 5) is 16.1. The SMILES string of the molecule is CCCCOC(=O)NOc1cc(Cl)ccc1Cl. The van der Waals surface area contributed by atoms with Gasteiger partial charge >= 0.3 is 6.09 Å². The summed E-state index contributed by atoms with van der Waals surface area (Å²) in [5.41, 5.74) is 2.12. The minimum Gasteiger partial charge on any atom is -0.447 e. The number of ether oxygens (including phenoxy) is 1. The molecule has 1 rings (SSSR count). The van der Waals surface area contributed by atoms with Crippen molar-refractivity contribution in [3.8, 4) is 5.75 Å². The quantitative estimate of drug-likeness (QED) is 0.658. The van der Waals surface area contributed by atoms with E-state index in [2.05, 4.69) is 5.48 Å². The lowest BCUT2D eigenvalue weighted by atomic mass is 10.3. The van der Waals surface area contributed by atoms with Gasteiger partial charge in [0.1, 0.15) is 0 Å². The molecule has 1 N–H and O–H groups in total. The van der Waals surface area contributed by atoms with E-state index in [1.165, 1.54) is 6.07 Å². The first-order valence-corrected chi connectivity index (χ1v) is 5.93. The average molecular weight is 278 g/mol. The first kappa shape index (κ1) is 13.9. The molecule has 1 aromatic rings. The monoisotopic (exact) mass is 277 g/mol. The number of carbonyl (C=O) groups is 1. The second-order valence-corrected chi connectivity index (χ2v) is 4.11. The predicted molar refractivity (Wildman–Crippen MR) is 66.5 cm³/mol. The smallest absolute Gasteiger partial charge is 0.440 e. The van der Waals surface area contributed by atoms with Crippen molar-refractivity contribution >= 4 is 29.3 Å². The molecule has 0 radical (unpaired) electrons. The third-order valence-electron chi connectivity index (χ3n) is 1.87. The molecular weight excluding hydrogens is 265 g/mol. The Hall–Kier alpha value is -1.13. The maximum Gasteiger partial charge on any atom is 0.440 e. The van der Waals surface area contributed by atoms with Crippen LogP contribution < -0.4 is 10.3 Å². The summed E-state index contributed by atoms with van der Waals surface area (Å²) in [5, 5.41) is 0.814. The van der Waals surface area contributed by atoms with E-state index >= 15 is 0 Å². The minimum atomic E-state index is -0.658.